The third kappa shape index (κ3) is 3.06. The van der Waals surface area contributed by atoms with Gasteiger partial charge < -0.3 is 16.0 Å². The van der Waals surface area contributed by atoms with Crippen LogP contribution in [0.1, 0.15) is 49.2 Å². The minimum Gasteiger partial charge on any atom is -0.382 e. The Balaban J connectivity index is 1.75. The van der Waals surface area contributed by atoms with Gasteiger partial charge in [-0.3, -0.25) is 4.79 Å². The van der Waals surface area contributed by atoms with Gasteiger partial charge in [-0.25, -0.2) is 4.98 Å². The molecule has 1 aromatic rings. The quantitative estimate of drug-likeness (QED) is 0.846. The molecule has 0 atom stereocenters. The molecule has 0 aromatic carbocycles. The van der Waals surface area contributed by atoms with E-state index in [2.05, 4.69) is 24.1 Å². The molecule has 6 heteroatoms. The maximum atomic E-state index is 12.7. The molecule has 3 rings (SSSR count). The predicted molar refractivity (Wildman–Crippen MR) is 82.1 cm³/mol. The fourth-order valence-corrected chi connectivity index (χ4v) is 3.17. The molecule has 0 aliphatic heterocycles. The normalized spacial score (nSPS) is 18.4. The van der Waals surface area contributed by atoms with E-state index in [-0.39, 0.29) is 5.91 Å². The number of carbonyl (C=O) groups excluding carboxylic acids is 1. The van der Waals surface area contributed by atoms with Gasteiger partial charge in [0.15, 0.2) is 5.13 Å². The van der Waals surface area contributed by atoms with Crippen LogP contribution in [0.2, 0.25) is 0 Å². The van der Waals surface area contributed by atoms with Gasteiger partial charge in [0.25, 0.3) is 5.91 Å². The molecule has 0 saturated heterocycles. The monoisotopic (exact) mass is 294 g/mol. The first kappa shape index (κ1) is 13.7. The number of nitrogens with one attached hydrogen (secondary N) is 1. The van der Waals surface area contributed by atoms with Crippen LogP contribution in [0.5, 0.6) is 0 Å². The molecule has 0 spiro atoms. The molecule has 1 aromatic heterocycles. The molecule has 2 aliphatic rings. The number of hydrogen-bond donors (Lipinski definition) is 2. The molecule has 0 unspecified atom stereocenters. The summed E-state index contributed by atoms with van der Waals surface area (Å²) in [5, 5.41) is 4.10. The molecule has 110 valence electrons. The fourth-order valence-electron chi connectivity index (χ4n) is 2.26. The highest BCUT2D eigenvalue weighted by Gasteiger charge is 2.35. The lowest BCUT2D eigenvalue weighted by Gasteiger charge is -2.23. The molecule has 2 fully saturated rings. The van der Waals surface area contributed by atoms with Crippen LogP contribution in [0.3, 0.4) is 0 Å². The topological polar surface area (TPSA) is 71.2 Å². The summed E-state index contributed by atoms with van der Waals surface area (Å²) < 4.78 is 0. The summed E-state index contributed by atoms with van der Waals surface area (Å²) in [6, 6.07) is 0.935. The molecule has 1 amide bonds. The van der Waals surface area contributed by atoms with Crippen LogP contribution in [0.15, 0.2) is 0 Å². The summed E-state index contributed by atoms with van der Waals surface area (Å²) in [6.45, 7) is 5.07. The van der Waals surface area contributed by atoms with Gasteiger partial charge in [-0.05, 0) is 31.6 Å². The standard InChI is InChI=1S/C14H22N4OS/c1-8(2)7-18(10-5-6-10)13(19)11-12(15)17-14(20-11)16-9-3-4-9/h8-10H,3-7,15H2,1-2H3,(H,16,17). The lowest BCUT2D eigenvalue weighted by molar-refractivity contribution is 0.0728. The third-order valence-corrected chi connectivity index (χ3v) is 4.55. The van der Waals surface area contributed by atoms with Crippen LogP contribution in [0.4, 0.5) is 10.9 Å². The number of amides is 1. The largest absolute Gasteiger partial charge is 0.382 e. The van der Waals surface area contributed by atoms with Gasteiger partial charge in [-0.1, -0.05) is 25.2 Å². The van der Waals surface area contributed by atoms with Gasteiger partial charge in [0.2, 0.25) is 0 Å². The molecule has 1 heterocycles. The highest BCUT2D eigenvalue weighted by atomic mass is 32.1. The molecule has 5 nitrogen and oxygen atoms in total. The van der Waals surface area contributed by atoms with Gasteiger partial charge in [0, 0.05) is 18.6 Å². The highest BCUT2D eigenvalue weighted by Crippen LogP contribution is 2.34. The number of nitrogens with two attached hydrogens (primary N) is 1. The predicted octanol–water partition coefficient (Wildman–Crippen LogP) is 2.56. The van der Waals surface area contributed by atoms with Crippen molar-refractivity contribution in [2.75, 3.05) is 17.6 Å². The Hall–Kier alpha value is -1.30. The van der Waals surface area contributed by atoms with Crippen molar-refractivity contribution in [3.05, 3.63) is 4.88 Å². The van der Waals surface area contributed by atoms with Crippen LogP contribution in [-0.4, -0.2) is 34.4 Å². The highest BCUT2D eigenvalue weighted by molar-refractivity contribution is 7.18. The van der Waals surface area contributed by atoms with E-state index in [0.717, 1.165) is 24.5 Å². The fraction of sp³-hybridized carbons (Fsp3) is 0.714. The molecule has 20 heavy (non-hydrogen) atoms. The molecule has 0 bridgehead atoms. The van der Waals surface area contributed by atoms with Crippen molar-refractivity contribution >= 4 is 28.2 Å². The minimum absolute atomic E-state index is 0.0556. The average molecular weight is 294 g/mol. The number of nitrogens with zero attached hydrogens (tertiary/aromatic N) is 2. The van der Waals surface area contributed by atoms with Gasteiger partial charge in [-0.15, -0.1) is 0 Å². The summed E-state index contributed by atoms with van der Waals surface area (Å²) in [7, 11) is 0. The Bertz CT molecular complexity index is 505. The van der Waals surface area contributed by atoms with Gasteiger partial charge in [0.1, 0.15) is 10.7 Å². The molecular formula is C14H22N4OS. The molecule has 2 aliphatic carbocycles. The van der Waals surface area contributed by atoms with E-state index < -0.39 is 0 Å². The Morgan fingerprint density at radius 2 is 2.15 bits per heavy atom. The number of rotatable bonds is 6. The van der Waals surface area contributed by atoms with Crippen molar-refractivity contribution in [1.29, 1.82) is 0 Å². The number of carbonyl (C=O) groups is 1. The van der Waals surface area contributed by atoms with Gasteiger partial charge >= 0.3 is 0 Å². The summed E-state index contributed by atoms with van der Waals surface area (Å²) in [6.07, 6.45) is 4.60. The maximum absolute atomic E-state index is 12.7. The first-order valence-electron chi connectivity index (χ1n) is 7.38. The van der Waals surface area contributed by atoms with E-state index >= 15 is 0 Å². The zero-order valence-electron chi connectivity index (χ0n) is 12.1. The summed E-state index contributed by atoms with van der Waals surface area (Å²) in [5.41, 5.74) is 5.94. The van der Waals surface area contributed by atoms with E-state index in [9.17, 15) is 4.79 Å². The van der Waals surface area contributed by atoms with E-state index in [1.54, 1.807) is 0 Å². The van der Waals surface area contributed by atoms with Crippen molar-refractivity contribution < 1.29 is 4.79 Å². The third-order valence-electron chi connectivity index (χ3n) is 3.56. The summed E-state index contributed by atoms with van der Waals surface area (Å²) >= 11 is 1.40. The number of anilines is 2. The van der Waals surface area contributed by atoms with Crippen molar-refractivity contribution in [3.8, 4) is 0 Å². The van der Waals surface area contributed by atoms with Crippen LogP contribution < -0.4 is 11.1 Å². The van der Waals surface area contributed by atoms with Gasteiger partial charge in [0.05, 0.1) is 0 Å². The number of thiazole rings is 1. The zero-order chi connectivity index (χ0) is 14.3. The Kier molecular flexibility index (Phi) is 3.58. The van der Waals surface area contributed by atoms with Crippen LogP contribution in [-0.2, 0) is 0 Å². The smallest absolute Gasteiger partial charge is 0.268 e. The number of nitrogen functional groups attached to an aromatic ring is 1. The number of hydrogen-bond acceptors (Lipinski definition) is 5. The Morgan fingerprint density at radius 1 is 1.45 bits per heavy atom. The van der Waals surface area contributed by atoms with Crippen molar-refractivity contribution in [2.24, 2.45) is 5.92 Å². The lowest BCUT2D eigenvalue weighted by Crippen LogP contribution is -2.36. The van der Waals surface area contributed by atoms with Crippen molar-refractivity contribution in [1.82, 2.24) is 9.88 Å². The van der Waals surface area contributed by atoms with Crippen molar-refractivity contribution in [2.45, 2.75) is 51.6 Å². The Labute approximate surface area is 123 Å². The summed E-state index contributed by atoms with van der Waals surface area (Å²) in [5.74, 6) is 0.898. The Morgan fingerprint density at radius 3 is 2.70 bits per heavy atom. The molecule has 2 saturated carbocycles. The first-order valence-corrected chi connectivity index (χ1v) is 8.20. The van der Waals surface area contributed by atoms with Crippen molar-refractivity contribution in [3.63, 3.8) is 0 Å². The van der Waals surface area contributed by atoms with Crippen LogP contribution in [0, 0.1) is 5.92 Å². The second-order valence-corrected chi connectivity index (χ2v) is 7.23. The second-order valence-electron chi connectivity index (χ2n) is 6.23. The molecule has 3 N–H and O–H groups in total. The average Bonchev–Trinajstić information content (AvgIpc) is 3.26. The van der Waals surface area contributed by atoms with E-state index in [1.807, 2.05) is 4.90 Å². The zero-order valence-corrected chi connectivity index (χ0v) is 12.9. The first-order chi connectivity index (χ1) is 9.54. The van der Waals surface area contributed by atoms with E-state index in [1.165, 1.54) is 24.2 Å². The minimum atomic E-state index is 0.0556. The molecular weight excluding hydrogens is 272 g/mol. The van der Waals surface area contributed by atoms with E-state index in [4.69, 9.17) is 5.73 Å². The number of aromatic nitrogens is 1. The molecule has 0 radical (unpaired) electrons. The second kappa shape index (κ2) is 5.24. The van der Waals surface area contributed by atoms with Crippen LogP contribution >= 0.6 is 11.3 Å². The van der Waals surface area contributed by atoms with E-state index in [0.29, 0.717) is 28.7 Å². The SMILES string of the molecule is CC(C)CN(C(=O)c1sc(NC2CC2)nc1N)C1CC1. The van der Waals surface area contributed by atoms with Gasteiger partial charge in [-0.2, -0.15) is 0 Å². The maximum Gasteiger partial charge on any atom is 0.268 e. The van der Waals surface area contributed by atoms with Crippen LogP contribution in [0.25, 0.3) is 0 Å². The lowest BCUT2D eigenvalue weighted by atomic mass is 10.2. The summed E-state index contributed by atoms with van der Waals surface area (Å²) in [4.78, 5) is 19.6.